The van der Waals surface area contributed by atoms with E-state index in [1.807, 2.05) is 12.1 Å². The quantitative estimate of drug-likeness (QED) is 0.634. The number of benzene rings is 1. The van der Waals surface area contributed by atoms with Gasteiger partial charge in [0.25, 0.3) is 0 Å². The number of nitrogens with one attached hydrogen (secondary N) is 1. The first-order valence-electron chi connectivity index (χ1n) is 6.98. The number of hydrogen-bond donors (Lipinski definition) is 2. The number of ether oxygens (including phenoxy) is 2. The Bertz CT molecular complexity index is 403. The van der Waals surface area contributed by atoms with Crippen LogP contribution in [0.4, 0.5) is 0 Å². The lowest BCUT2D eigenvalue weighted by Gasteiger charge is -2.31. The van der Waals surface area contributed by atoms with Gasteiger partial charge >= 0.3 is 0 Å². The first-order valence-corrected chi connectivity index (χ1v) is 6.98. The molecule has 19 heavy (non-hydrogen) atoms. The molecule has 1 atom stereocenters. The highest BCUT2D eigenvalue weighted by molar-refractivity contribution is 5.48. The number of para-hydroxylation sites is 1. The van der Waals surface area contributed by atoms with Gasteiger partial charge in [-0.05, 0) is 24.8 Å². The van der Waals surface area contributed by atoms with E-state index in [1.165, 1.54) is 32.1 Å². The predicted octanol–water partition coefficient (Wildman–Crippen LogP) is 2.79. The smallest absolute Gasteiger partial charge is 0.165 e. The molecule has 0 heterocycles. The van der Waals surface area contributed by atoms with Gasteiger partial charge in [0.1, 0.15) is 0 Å². The second kappa shape index (κ2) is 6.78. The van der Waals surface area contributed by atoms with Crippen LogP contribution in [0.25, 0.3) is 0 Å². The fraction of sp³-hybridized carbons (Fsp3) is 0.600. The van der Waals surface area contributed by atoms with Gasteiger partial charge in [-0.2, -0.15) is 0 Å². The Balaban J connectivity index is 2.31. The van der Waals surface area contributed by atoms with Crippen molar-refractivity contribution in [2.75, 3.05) is 14.2 Å². The van der Waals surface area contributed by atoms with Gasteiger partial charge < -0.3 is 9.47 Å². The van der Waals surface area contributed by atoms with Gasteiger partial charge in [-0.25, -0.2) is 0 Å². The number of nitrogens with two attached hydrogens (primary N) is 1. The molecule has 4 heteroatoms. The van der Waals surface area contributed by atoms with Gasteiger partial charge in [0.15, 0.2) is 11.5 Å². The summed E-state index contributed by atoms with van der Waals surface area (Å²) in [6.07, 6.45) is 6.34. The van der Waals surface area contributed by atoms with Crippen LogP contribution in [0.5, 0.6) is 11.5 Å². The van der Waals surface area contributed by atoms with E-state index >= 15 is 0 Å². The second-order valence-electron chi connectivity index (χ2n) is 5.13. The van der Waals surface area contributed by atoms with Gasteiger partial charge in [0.05, 0.1) is 20.3 Å². The molecule has 0 aliphatic heterocycles. The van der Waals surface area contributed by atoms with Crippen molar-refractivity contribution in [1.82, 2.24) is 5.43 Å². The van der Waals surface area contributed by atoms with Crippen molar-refractivity contribution in [2.24, 2.45) is 11.8 Å². The van der Waals surface area contributed by atoms with E-state index in [-0.39, 0.29) is 6.04 Å². The third kappa shape index (κ3) is 3.01. The van der Waals surface area contributed by atoms with Crippen molar-refractivity contribution in [3.05, 3.63) is 23.8 Å². The van der Waals surface area contributed by atoms with E-state index in [1.54, 1.807) is 14.2 Å². The van der Waals surface area contributed by atoms with E-state index in [4.69, 9.17) is 15.3 Å². The molecule has 1 unspecified atom stereocenters. The Morgan fingerprint density at radius 1 is 1.16 bits per heavy atom. The Morgan fingerprint density at radius 2 is 1.89 bits per heavy atom. The fourth-order valence-corrected chi connectivity index (χ4v) is 3.10. The minimum atomic E-state index is 0.130. The SMILES string of the molecule is COc1cccc(C(NN)C2CCCCC2)c1OC. The summed E-state index contributed by atoms with van der Waals surface area (Å²) in [5.74, 6) is 7.92. The van der Waals surface area contributed by atoms with Crippen LogP contribution >= 0.6 is 0 Å². The van der Waals surface area contributed by atoms with Crippen molar-refractivity contribution < 1.29 is 9.47 Å². The lowest BCUT2D eigenvalue weighted by atomic mass is 9.81. The summed E-state index contributed by atoms with van der Waals surface area (Å²) >= 11 is 0. The molecule has 0 saturated heterocycles. The summed E-state index contributed by atoms with van der Waals surface area (Å²) in [5, 5.41) is 0. The Kier molecular flexibility index (Phi) is 5.05. The number of hydrazine groups is 1. The first kappa shape index (κ1) is 14.2. The zero-order valence-electron chi connectivity index (χ0n) is 11.8. The first-order chi connectivity index (χ1) is 9.31. The van der Waals surface area contributed by atoms with Crippen molar-refractivity contribution in [3.63, 3.8) is 0 Å². The van der Waals surface area contributed by atoms with Crippen LogP contribution in [0.3, 0.4) is 0 Å². The molecular formula is C15H24N2O2. The number of hydrogen-bond acceptors (Lipinski definition) is 4. The fourth-order valence-electron chi connectivity index (χ4n) is 3.10. The Morgan fingerprint density at radius 3 is 2.47 bits per heavy atom. The highest BCUT2D eigenvalue weighted by Crippen LogP contribution is 2.41. The molecule has 0 amide bonds. The number of methoxy groups -OCH3 is 2. The second-order valence-corrected chi connectivity index (χ2v) is 5.13. The summed E-state index contributed by atoms with van der Waals surface area (Å²) in [6, 6.07) is 6.10. The summed E-state index contributed by atoms with van der Waals surface area (Å²) in [4.78, 5) is 0. The van der Waals surface area contributed by atoms with Gasteiger partial charge in [-0.3, -0.25) is 11.3 Å². The van der Waals surface area contributed by atoms with E-state index < -0.39 is 0 Å². The van der Waals surface area contributed by atoms with E-state index in [0.717, 1.165) is 17.1 Å². The minimum Gasteiger partial charge on any atom is -0.493 e. The van der Waals surface area contributed by atoms with Crippen LogP contribution in [0, 0.1) is 5.92 Å². The molecule has 2 rings (SSSR count). The van der Waals surface area contributed by atoms with Crippen LogP contribution in [0.15, 0.2) is 18.2 Å². The maximum Gasteiger partial charge on any atom is 0.165 e. The lowest BCUT2D eigenvalue weighted by Crippen LogP contribution is -2.34. The van der Waals surface area contributed by atoms with E-state index in [2.05, 4.69) is 11.5 Å². The normalized spacial score (nSPS) is 18.1. The summed E-state index contributed by atoms with van der Waals surface area (Å²) in [7, 11) is 3.34. The standard InChI is InChI=1S/C15H24N2O2/c1-18-13-10-6-9-12(15(13)19-2)14(17-16)11-7-4-3-5-8-11/h6,9-11,14,17H,3-5,7-8,16H2,1-2H3. The van der Waals surface area contributed by atoms with Crippen LogP contribution in [0.1, 0.15) is 43.7 Å². The van der Waals surface area contributed by atoms with E-state index in [0.29, 0.717) is 5.92 Å². The zero-order chi connectivity index (χ0) is 13.7. The third-order valence-electron chi connectivity index (χ3n) is 4.07. The lowest BCUT2D eigenvalue weighted by molar-refractivity contribution is 0.264. The monoisotopic (exact) mass is 264 g/mol. The third-order valence-corrected chi connectivity index (χ3v) is 4.07. The molecule has 1 aromatic rings. The van der Waals surface area contributed by atoms with E-state index in [9.17, 15) is 0 Å². The van der Waals surface area contributed by atoms with Crippen molar-refractivity contribution in [2.45, 2.75) is 38.1 Å². The highest BCUT2D eigenvalue weighted by atomic mass is 16.5. The molecule has 1 aliphatic rings. The van der Waals surface area contributed by atoms with Crippen molar-refractivity contribution in [3.8, 4) is 11.5 Å². The van der Waals surface area contributed by atoms with Crippen molar-refractivity contribution >= 4 is 0 Å². The summed E-state index contributed by atoms with van der Waals surface area (Å²) < 4.78 is 10.9. The molecule has 0 bridgehead atoms. The van der Waals surface area contributed by atoms with Gasteiger partial charge in [-0.1, -0.05) is 31.4 Å². The summed E-state index contributed by atoms with van der Waals surface area (Å²) in [6.45, 7) is 0. The number of rotatable bonds is 5. The average molecular weight is 264 g/mol. The minimum absolute atomic E-state index is 0.130. The molecule has 1 aliphatic carbocycles. The molecule has 4 nitrogen and oxygen atoms in total. The zero-order valence-corrected chi connectivity index (χ0v) is 11.8. The maximum absolute atomic E-state index is 5.80. The van der Waals surface area contributed by atoms with Crippen molar-refractivity contribution in [1.29, 1.82) is 0 Å². The van der Waals surface area contributed by atoms with Crippen LogP contribution in [-0.4, -0.2) is 14.2 Å². The van der Waals surface area contributed by atoms with Crippen LogP contribution < -0.4 is 20.7 Å². The average Bonchev–Trinajstić information content (AvgIpc) is 2.48. The molecule has 0 radical (unpaired) electrons. The molecular weight excluding hydrogens is 240 g/mol. The molecule has 1 saturated carbocycles. The molecule has 106 valence electrons. The molecule has 1 fully saturated rings. The molecule has 0 spiro atoms. The highest BCUT2D eigenvalue weighted by Gasteiger charge is 2.27. The maximum atomic E-state index is 5.80. The van der Waals surface area contributed by atoms with Crippen LogP contribution in [-0.2, 0) is 0 Å². The van der Waals surface area contributed by atoms with Gasteiger partial charge in [0.2, 0.25) is 0 Å². The Labute approximate surface area is 115 Å². The van der Waals surface area contributed by atoms with Crippen LogP contribution in [0.2, 0.25) is 0 Å². The predicted molar refractivity (Wildman–Crippen MR) is 76.2 cm³/mol. The van der Waals surface area contributed by atoms with Gasteiger partial charge in [-0.15, -0.1) is 0 Å². The molecule has 3 N–H and O–H groups in total. The summed E-state index contributed by atoms with van der Waals surface area (Å²) in [5.41, 5.74) is 4.07. The largest absolute Gasteiger partial charge is 0.493 e. The molecule has 1 aromatic carbocycles. The topological polar surface area (TPSA) is 56.5 Å². The van der Waals surface area contributed by atoms with Gasteiger partial charge in [0, 0.05) is 5.56 Å². The Hall–Kier alpha value is -1.26. The molecule has 0 aromatic heterocycles.